The van der Waals surface area contributed by atoms with Gasteiger partial charge in [0.2, 0.25) is 0 Å². The number of aromatic nitrogens is 4. The topological polar surface area (TPSA) is 82.6 Å². The summed E-state index contributed by atoms with van der Waals surface area (Å²) in [6, 6.07) is 12.4. The number of hydrogen-bond acceptors (Lipinski definition) is 4. The maximum Gasteiger partial charge on any atom is 0.284 e. The number of fused-ring (bicyclic) bond motifs is 1. The molecule has 8 nitrogen and oxygen atoms in total. The van der Waals surface area contributed by atoms with Crippen molar-refractivity contribution < 1.29 is 18.3 Å². The monoisotopic (exact) mass is 509 g/mol. The first kappa shape index (κ1) is 23.3. The molecular formula is C25H18ClF2N5O3. The van der Waals surface area contributed by atoms with Crippen LogP contribution < -0.4 is 15.6 Å². The highest BCUT2D eigenvalue weighted by Gasteiger charge is 2.23. The highest BCUT2D eigenvalue weighted by molar-refractivity contribution is 6.34. The van der Waals surface area contributed by atoms with Gasteiger partial charge in [-0.3, -0.25) is 14.3 Å². The molecule has 5 aromatic rings. The molecule has 0 unspecified atom stereocenters. The molecule has 0 fully saturated rings. The van der Waals surface area contributed by atoms with Gasteiger partial charge in [0, 0.05) is 31.1 Å². The molecule has 0 aliphatic carbocycles. The van der Waals surface area contributed by atoms with Gasteiger partial charge in [-0.25, -0.2) is 18.0 Å². The lowest BCUT2D eigenvalue weighted by Gasteiger charge is -2.10. The van der Waals surface area contributed by atoms with Crippen LogP contribution in [0.1, 0.15) is 16.1 Å². The molecule has 0 radical (unpaired) electrons. The minimum Gasteiger partial charge on any atom is -0.452 e. The summed E-state index contributed by atoms with van der Waals surface area (Å²) in [5.74, 6) is -1.68. The maximum atomic E-state index is 14.9. The van der Waals surface area contributed by atoms with Gasteiger partial charge in [0.05, 0.1) is 22.6 Å². The number of nitrogens with zero attached hydrogens (tertiary/aromatic N) is 4. The molecule has 182 valence electrons. The lowest BCUT2D eigenvalue weighted by molar-refractivity contribution is 0.102. The molecule has 0 atom stereocenters. The van der Waals surface area contributed by atoms with Crippen molar-refractivity contribution >= 4 is 28.7 Å². The Balaban J connectivity index is 1.41. The molecule has 3 heterocycles. The predicted octanol–water partition coefficient (Wildman–Crippen LogP) is 5.11. The SMILES string of the molecule is Cc1c(C(=O)Nc2ccc(Oc3ccnn4ccc(Cl)c34)c(F)c2)c(=O)n(-c2ccc(F)cc2)n1C. The van der Waals surface area contributed by atoms with Crippen LogP contribution in [0.2, 0.25) is 5.02 Å². The summed E-state index contributed by atoms with van der Waals surface area (Å²) in [4.78, 5) is 26.0. The van der Waals surface area contributed by atoms with Crippen LogP contribution in [0, 0.1) is 18.6 Å². The van der Waals surface area contributed by atoms with Gasteiger partial charge in [0.15, 0.2) is 17.3 Å². The number of halogens is 3. The van der Waals surface area contributed by atoms with Crippen molar-refractivity contribution in [3.63, 3.8) is 0 Å². The van der Waals surface area contributed by atoms with Gasteiger partial charge in [0.1, 0.15) is 16.9 Å². The molecule has 36 heavy (non-hydrogen) atoms. The van der Waals surface area contributed by atoms with Crippen LogP contribution in [0.5, 0.6) is 11.5 Å². The highest BCUT2D eigenvalue weighted by Crippen LogP contribution is 2.33. The number of carbonyl (C=O) groups is 1. The van der Waals surface area contributed by atoms with Crippen molar-refractivity contribution in [1.29, 1.82) is 0 Å². The Morgan fingerprint density at radius 1 is 1.06 bits per heavy atom. The second kappa shape index (κ2) is 8.97. The number of benzene rings is 2. The molecule has 0 spiro atoms. The van der Waals surface area contributed by atoms with Gasteiger partial charge >= 0.3 is 0 Å². The Bertz CT molecular complexity index is 1690. The first-order valence-corrected chi connectivity index (χ1v) is 11.1. The third-order valence-electron chi connectivity index (χ3n) is 5.73. The smallest absolute Gasteiger partial charge is 0.284 e. The average molecular weight is 510 g/mol. The lowest BCUT2D eigenvalue weighted by atomic mass is 10.2. The van der Waals surface area contributed by atoms with Crippen LogP contribution in [-0.4, -0.2) is 24.9 Å². The number of amides is 1. The van der Waals surface area contributed by atoms with Crippen LogP contribution in [0.3, 0.4) is 0 Å². The third-order valence-corrected chi connectivity index (χ3v) is 6.03. The van der Waals surface area contributed by atoms with E-state index < -0.39 is 23.1 Å². The Labute approximate surface area is 207 Å². The third kappa shape index (κ3) is 4.01. The molecule has 11 heteroatoms. The zero-order valence-corrected chi connectivity index (χ0v) is 19.8. The summed E-state index contributed by atoms with van der Waals surface area (Å²) >= 11 is 6.18. The first-order valence-electron chi connectivity index (χ1n) is 10.7. The van der Waals surface area contributed by atoms with E-state index in [-0.39, 0.29) is 17.0 Å². The van der Waals surface area contributed by atoms with Crippen LogP contribution >= 0.6 is 11.6 Å². The minimum absolute atomic E-state index is 0.0899. The van der Waals surface area contributed by atoms with E-state index in [0.29, 0.717) is 27.7 Å². The van der Waals surface area contributed by atoms with Crippen molar-refractivity contribution in [1.82, 2.24) is 19.0 Å². The van der Waals surface area contributed by atoms with E-state index in [0.717, 1.165) is 6.07 Å². The van der Waals surface area contributed by atoms with E-state index in [1.807, 2.05) is 0 Å². The second-order valence-electron chi connectivity index (χ2n) is 7.93. The Hall–Kier alpha value is -4.44. The molecule has 0 bridgehead atoms. The van der Waals surface area contributed by atoms with Crippen molar-refractivity contribution in [3.05, 3.63) is 105 Å². The highest BCUT2D eigenvalue weighted by atomic mass is 35.5. The second-order valence-corrected chi connectivity index (χ2v) is 8.34. The maximum absolute atomic E-state index is 14.9. The van der Waals surface area contributed by atoms with E-state index in [2.05, 4.69) is 10.4 Å². The Morgan fingerprint density at radius 3 is 2.53 bits per heavy atom. The van der Waals surface area contributed by atoms with Gasteiger partial charge in [-0.15, -0.1) is 0 Å². The summed E-state index contributed by atoms with van der Waals surface area (Å²) < 4.78 is 38.1. The fourth-order valence-corrected chi connectivity index (χ4v) is 4.11. The van der Waals surface area contributed by atoms with Crippen molar-refractivity contribution in [2.75, 3.05) is 5.32 Å². The summed E-state index contributed by atoms with van der Waals surface area (Å²) in [5, 5.41) is 7.06. The van der Waals surface area contributed by atoms with Crippen molar-refractivity contribution in [2.24, 2.45) is 7.05 Å². The van der Waals surface area contributed by atoms with Crippen LogP contribution in [0.15, 0.2) is 71.8 Å². The Kier molecular flexibility index (Phi) is 5.81. The van der Waals surface area contributed by atoms with Crippen LogP contribution in [0.4, 0.5) is 14.5 Å². The largest absolute Gasteiger partial charge is 0.452 e. The number of ether oxygens (including phenoxy) is 1. The molecular weight excluding hydrogens is 492 g/mol. The summed E-state index contributed by atoms with van der Waals surface area (Å²) in [7, 11) is 1.61. The molecule has 0 saturated heterocycles. The molecule has 0 aliphatic rings. The normalized spacial score (nSPS) is 11.1. The molecule has 1 amide bonds. The fourth-order valence-electron chi connectivity index (χ4n) is 3.88. The van der Waals surface area contributed by atoms with E-state index in [1.54, 1.807) is 32.3 Å². The molecule has 1 N–H and O–H groups in total. The Morgan fingerprint density at radius 2 is 1.81 bits per heavy atom. The average Bonchev–Trinajstić information content (AvgIpc) is 3.33. The van der Waals surface area contributed by atoms with E-state index in [1.165, 1.54) is 56.5 Å². The lowest BCUT2D eigenvalue weighted by Crippen LogP contribution is -2.25. The molecule has 0 saturated carbocycles. The van der Waals surface area contributed by atoms with E-state index in [9.17, 15) is 18.4 Å². The van der Waals surface area contributed by atoms with Gasteiger partial charge in [-0.1, -0.05) is 11.6 Å². The quantitative estimate of drug-likeness (QED) is 0.357. The van der Waals surface area contributed by atoms with E-state index in [4.69, 9.17) is 16.3 Å². The standard InChI is InChI=1S/C25H18ClF2N5O3/c1-14-22(25(35)33(31(14)2)17-6-3-15(27)4-7-17)24(34)30-16-5-8-20(19(28)13-16)36-21-9-11-29-32-12-10-18(26)23(21)32/h3-13H,1-2H3,(H,30,34). The number of rotatable bonds is 5. The van der Waals surface area contributed by atoms with E-state index >= 15 is 0 Å². The number of hydrogen-bond donors (Lipinski definition) is 1. The predicted molar refractivity (Wildman–Crippen MR) is 130 cm³/mol. The molecule has 2 aromatic carbocycles. The molecule has 0 aliphatic heterocycles. The van der Waals surface area contributed by atoms with Gasteiger partial charge in [0.25, 0.3) is 11.5 Å². The zero-order valence-electron chi connectivity index (χ0n) is 19.0. The number of nitrogens with one attached hydrogen (secondary N) is 1. The summed E-state index contributed by atoms with van der Waals surface area (Å²) in [6.07, 6.45) is 3.14. The van der Waals surface area contributed by atoms with Crippen LogP contribution in [-0.2, 0) is 7.05 Å². The number of anilines is 1. The van der Waals surface area contributed by atoms with Crippen LogP contribution in [0.25, 0.3) is 11.2 Å². The minimum atomic E-state index is -0.737. The van der Waals surface area contributed by atoms with Crippen molar-refractivity contribution in [2.45, 2.75) is 6.92 Å². The van der Waals surface area contributed by atoms with Gasteiger partial charge in [-0.05, 0) is 49.4 Å². The molecule has 3 aromatic heterocycles. The van der Waals surface area contributed by atoms with Crippen molar-refractivity contribution in [3.8, 4) is 17.2 Å². The molecule has 5 rings (SSSR count). The van der Waals surface area contributed by atoms with Gasteiger partial charge in [-0.2, -0.15) is 5.10 Å². The number of carbonyl (C=O) groups excluding carboxylic acids is 1. The first-order chi connectivity index (χ1) is 17.2. The fraction of sp³-hybridized carbons (Fsp3) is 0.0800. The van der Waals surface area contributed by atoms with Gasteiger partial charge < -0.3 is 10.1 Å². The summed E-state index contributed by atoms with van der Waals surface area (Å²) in [5.41, 5.74) is 0.671. The summed E-state index contributed by atoms with van der Waals surface area (Å²) in [6.45, 7) is 1.61. The zero-order chi connectivity index (χ0) is 25.6.